The Hall–Kier alpha value is -2.96. The zero-order chi connectivity index (χ0) is 16.9. The first kappa shape index (κ1) is 15.9. The maximum atomic E-state index is 12.6. The fraction of sp³-hybridized carbons (Fsp3) is 0.294. The predicted molar refractivity (Wildman–Crippen MR) is 84.5 cm³/mol. The summed E-state index contributed by atoms with van der Waals surface area (Å²) >= 11 is 0. The Morgan fingerprint density at radius 1 is 1.25 bits per heavy atom. The molecule has 2 aromatic rings. The quantitative estimate of drug-likeness (QED) is 0.897. The van der Waals surface area contributed by atoms with E-state index in [0.717, 1.165) is 5.56 Å². The van der Waals surface area contributed by atoms with Crippen molar-refractivity contribution >= 4 is 11.9 Å². The molecule has 1 aliphatic rings. The average molecular weight is 327 g/mol. The van der Waals surface area contributed by atoms with Crippen LogP contribution in [0.4, 0.5) is 0 Å². The molecule has 1 saturated heterocycles. The van der Waals surface area contributed by atoms with E-state index in [0.29, 0.717) is 25.3 Å². The van der Waals surface area contributed by atoms with Crippen LogP contribution in [0, 0.1) is 5.92 Å². The minimum atomic E-state index is -0.875. The third-order valence-electron chi connectivity index (χ3n) is 3.94. The van der Waals surface area contributed by atoms with Gasteiger partial charge in [0.25, 0.3) is 5.91 Å². The van der Waals surface area contributed by atoms with Gasteiger partial charge in [-0.15, -0.1) is 0 Å². The molecule has 1 N–H and O–H groups in total. The average Bonchev–Trinajstić information content (AvgIpc) is 3.11. The molecule has 24 heavy (non-hydrogen) atoms. The number of carboxylic acids is 1. The second-order valence-electron chi connectivity index (χ2n) is 5.57. The summed E-state index contributed by atoms with van der Waals surface area (Å²) < 4.78 is 5.72. The zero-order valence-corrected chi connectivity index (χ0v) is 13.0. The van der Waals surface area contributed by atoms with Crippen molar-refractivity contribution in [2.24, 2.45) is 5.92 Å². The summed E-state index contributed by atoms with van der Waals surface area (Å²) in [6.45, 7) is 0.914. The number of carboxylic acid groups (broad SMARTS) is 1. The number of carbonyl (C=O) groups excluding carboxylic acids is 1. The maximum absolute atomic E-state index is 12.6. The number of carbonyl (C=O) groups is 2. The molecule has 124 valence electrons. The molecule has 3 rings (SSSR count). The molecule has 1 atom stereocenters. The van der Waals surface area contributed by atoms with Crippen molar-refractivity contribution in [2.75, 3.05) is 13.1 Å². The van der Waals surface area contributed by atoms with E-state index in [1.165, 1.54) is 11.1 Å². The van der Waals surface area contributed by atoms with Crippen molar-refractivity contribution in [2.45, 2.75) is 13.0 Å². The lowest BCUT2D eigenvalue weighted by Crippen LogP contribution is -2.31. The first-order valence-corrected chi connectivity index (χ1v) is 7.64. The van der Waals surface area contributed by atoms with Gasteiger partial charge in [-0.25, -0.2) is 4.98 Å². The van der Waals surface area contributed by atoms with Crippen LogP contribution in [0.2, 0.25) is 0 Å². The number of aliphatic carboxylic acids is 1. The Kier molecular flexibility index (Phi) is 4.69. The Morgan fingerprint density at radius 2 is 2.04 bits per heavy atom. The molecular formula is C17H17N3O4. The summed E-state index contributed by atoms with van der Waals surface area (Å²) in [7, 11) is 0. The lowest BCUT2D eigenvalue weighted by Gasteiger charge is -2.17. The van der Waals surface area contributed by atoms with E-state index < -0.39 is 11.9 Å². The Balaban J connectivity index is 1.72. The molecule has 1 amide bonds. The number of aromatic nitrogens is 2. The number of pyridine rings is 2. The molecular weight excluding hydrogens is 310 g/mol. The van der Waals surface area contributed by atoms with Gasteiger partial charge in [0.05, 0.1) is 5.92 Å². The molecule has 0 spiro atoms. The Morgan fingerprint density at radius 3 is 2.75 bits per heavy atom. The van der Waals surface area contributed by atoms with Crippen LogP contribution >= 0.6 is 0 Å². The summed E-state index contributed by atoms with van der Waals surface area (Å²) in [5.41, 5.74) is 1.14. The minimum absolute atomic E-state index is 0.203. The molecule has 2 aromatic heterocycles. The van der Waals surface area contributed by atoms with Gasteiger partial charge in [-0.05, 0) is 36.2 Å². The Labute approximate surface area is 138 Å². The number of ether oxygens (including phenoxy) is 1. The Bertz CT molecular complexity index is 736. The normalized spacial score (nSPS) is 16.8. The molecule has 7 heteroatoms. The van der Waals surface area contributed by atoms with Crippen molar-refractivity contribution < 1.29 is 19.4 Å². The fourth-order valence-electron chi connectivity index (χ4n) is 2.60. The maximum Gasteiger partial charge on any atom is 0.308 e. The van der Waals surface area contributed by atoms with Crippen LogP contribution in [0.15, 0.2) is 42.9 Å². The van der Waals surface area contributed by atoms with E-state index in [9.17, 15) is 9.59 Å². The topological polar surface area (TPSA) is 92.6 Å². The lowest BCUT2D eigenvalue weighted by atomic mass is 10.1. The van der Waals surface area contributed by atoms with E-state index in [1.807, 2.05) is 12.1 Å². The highest BCUT2D eigenvalue weighted by atomic mass is 16.5. The molecule has 0 unspecified atom stereocenters. The molecule has 0 aliphatic carbocycles. The smallest absolute Gasteiger partial charge is 0.308 e. The lowest BCUT2D eigenvalue weighted by molar-refractivity contribution is -0.141. The number of hydrogen-bond donors (Lipinski definition) is 1. The molecule has 1 fully saturated rings. The van der Waals surface area contributed by atoms with Crippen molar-refractivity contribution in [1.29, 1.82) is 0 Å². The standard InChI is InChI=1S/C17H17N3O4/c21-16(20-9-5-13(10-20)17(22)23)15-14(2-1-6-19-15)24-11-12-3-7-18-8-4-12/h1-4,6-8,13H,5,9-11H2,(H,22,23)/t13-/m1/s1. The number of hydrogen-bond acceptors (Lipinski definition) is 5. The second kappa shape index (κ2) is 7.08. The van der Waals surface area contributed by atoms with Crippen molar-refractivity contribution in [3.05, 3.63) is 54.1 Å². The minimum Gasteiger partial charge on any atom is -0.486 e. The number of amides is 1. The van der Waals surface area contributed by atoms with Crippen LogP contribution in [0.25, 0.3) is 0 Å². The molecule has 7 nitrogen and oxygen atoms in total. The zero-order valence-electron chi connectivity index (χ0n) is 13.0. The molecule has 0 saturated carbocycles. The number of nitrogens with zero attached hydrogens (tertiary/aromatic N) is 3. The van der Waals surface area contributed by atoms with Crippen molar-refractivity contribution in [3.8, 4) is 5.75 Å². The van der Waals surface area contributed by atoms with Crippen molar-refractivity contribution in [3.63, 3.8) is 0 Å². The highest BCUT2D eigenvalue weighted by molar-refractivity contribution is 5.95. The van der Waals surface area contributed by atoms with E-state index in [2.05, 4.69) is 9.97 Å². The van der Waals surface area contributed by atoms with Gasteiger partial charge in [-0.3, -0.25) is 14.6 Å². The van der Waals surface area contributed by atoms with Crippen LogP contribution in [0.3, 0.4) is 0 Å². The molecule has 0 radical (unpaired) electrons. The van der Waals surface area contributed by atoms with Gasteiger partial charge in [0, 0.05) is 31.7 Å². The van der Waals surface area contributed by atoms with E-state index in [-0.39, 0.29) is 18.1 Å². The van der Waals surface area contributed by atoms with Gasteiger partial charge in [0.1, 0.15) is 6.61 Å². The SMILES string of the molecule is O=C(O)[C@@H]1CCN(C(=O)c2ncccc2OCc2ccncc2)C1. The second-order valence-corrected chi connectivity index (χ2v) is 5.57. The third-order valence-corrected chi connectivity index (χ3v) is 3.94. The van der Waals surface area contributed by atoms with E-state index in [4.69, 9.17) is 9.84 Å². The molecule has 1 aliphatic heterocycles. The summed E-state index contributed by atoms with van der Waals surface area (Å²) in [5, 5.41) is 9.06. The van der Waals surface area contributed by atoms with Crippen LogP contribution in [0.5, 0.6) is 5.75 Å². The van der Waals surface area contributed by atoms with Gasteiger partial charge >= 0.3 is 5.97 Å². The monoisotopic (exact) mass is 327 g/mol. The number of rotatable bonds is 5. The molecule has 0 bridgehead atoms. The van der Waals surface area contributed by atoms with Gasteiger partial charge < -0.3 is 14.7 Å². The summed E-state index contributed by atoms with van der Waals surface area (Å²) in [6.07, 6.45) is 5.33. The number of likely N-dealkylation sites (tertiary alicyclic amines) is 1. The van der Waals surface area contributed by atoms with Crippen LogP contribution < -0.4 is 4.74 Å². The van der Waals surface area contributed by atoms with Crippen LogP contribution in [-0.4, -0.2) is 44.9 Å². The van der Waals surface area contributed by atoms with Gasteiger partial charge in [-0.2, -0.15) is 0 Å². The molecule has 3 heterocycles. The first-order valence-electron chi connectivity index (χ1n) is 7.64. The van der Waals surface area contributed by atoms with Gasteiger partial charge in [0.15, 0.2) is 11.4 Å². The molecule has 0 aromatic carbocycles. The summed E-state index contributed by atoms with van der Waals surface area (Å²) in [5.74, 6) is -1.30. The van der Waals surface area contributed by atoms with E-state index in [1.54, 1.807) is 24.5 Å². The largest absolute Gasteiger partial charge is 0.486 e. The van der Waals surface area contributed by atoms with Crippen LogP contribution in [0.1, 0.15) is 22.5 Å². The highest BCUT2D eigenvalue weighted by Crippen LogP contribution is 2.23. The third kappa shape index (κ3) is 3.51. The summed E-state index contributed by atoms with van der Waals surface area (Å²) in [4.78, 5) is 33.3. The van der Waals surface area contributed by atoms with E-state index >= 15 is 0 Å². The van der Waals surface area contributed by atoms with Crippen molar-refractivity contribution in [1.82, 2.24) is 14.9 Å². The first-order chi connectivity index (χ1) is 11.6. The van der Waals surface area contributed by atoms with Gasteiger partial charge in [-0.1, -0.05) is 0 Å². The van der Waals surface area contributed by atoms with Gasteiger partial charge in [0.2, 0.25) is 0 Å². The summed E-state index contributed by atoms with van der Waals surface area (Å²) in [6, 6.07) is 7.04. The van der Waals surface area contributed by atoms with Crippen LogP contribution in [-0.2, 0) is 11.4 Å². The highest BCUT2D eigenvalue weighted by Gasteiger charge is 2.32. The predicted octanol–water partition coefficient (Wildman–Crippen LogP) is 1.60. The fourth-order valence-corrected chi connectivity index (χ4v) is 2.60.